The van der Waals surface area contributed by atoms with Gasteiger partial charge in [-0.3, -0.25) is 0 Å². The fourth-order valence-electron chi connectivity index (χ4n) is 3.52. The van der Waals surface area contributed by atoms with Crippen molar-refractivity contribution in [3.05, 3.63) is 79.5 Å². The van der Waals surface area contributed by atoms with E-state index in [1.54, 1.807) is 37.3 Å². The van der Waals surface area contributed by atoms with Gasteiger partial charge in [-0.1, -0.05) is 52.6 Å². The van der Waals surface area contributed by atoms with Gasteiger partial charge in [-0.2, -0.15) is 8.76 Å². The minimum Gasteiger partial charge on any atom is -0.488 e. The zero-order valence-corrected chi connectivity index (χ0v) is 21.4. The summed E-state index contributed by atoms with van der Waals surface area (Å²) in [5.74, 6) is -1.40. The lowest BCUT2D eigenvalue weighted by Crippen LogP contribution is -2.19. The molecule has 186 valence electrons. The Morgan fingerprint density at radius 3 is 2.64 bits per heavy atom. The number of benzene rings is 2. The van der Waals surface area contributed by atoms with E-state index in [-0.39, 0.29) is 38.5 Å². The Balaban J connectivity index is 1.75. The maximum atomic E-state index is 14.9. The van der Waals surface area contributed by atoms with E-state index in [4.69, 9.17) is 41.9 Å². The molecular weight excluding hydrogens is 534 g/mol. The number of halogens is 3. The molecule has 8 nitrogen and oxygen atoms in total. The second-order valence-electron chi connectivity index (χ2n) is 7.37. The summed E-state index contributed by atoms with van der Waals surface area (Å²) in [6.07, 6.45) is 0. The number of methoxy groups -OCH3 is 1. The summed E-state index contributed by atoms with van der Waals surface area (Å²) in [5.41, 5.74) is 0.538. The van der Waals surface area contributed by atoms with Crippen molar-refractivity contribution >= 4 is 57.4 Å². The third-order valence-corrected chi connectivity index (χ3v) is 7.00. The molecule has 0 amide bonds. The number of oxime groups is 1. The van der Waals surface area contributed by atoms with Gasteiger partial charge < -0.3 is 18.7 Å². The van der Waals surface area contributed by atoms with Gasteiger partial charge in [-0.15, -0.1) is 0 Å². The summed E-state index contributed by atoms with van der Waals surface area (Å²) in [6.45, 7) is 1.78. The quantitative estimate of drug-likeness (QED) is 0.124. The van der Waals surface area contributed by atoms with Gasteiger partial charge in [0.25, 0.3) is 0 Å². The van der Waals surface area contributed by atoms with Gasteiger partial charge in [0, 0.05) is 22.6 Å². The third-order valence-electron chi connectivity index (χ3n) is 5.19. The maximum Gasteiger partial charge on any atom is 0.373 e. The number of esters is 1. The van der Waals surface area contributed by atoms with Crippen LogP contribution in [0.2, 0.25) is 10.2 Å². The molecule has 0 aliphatic heterocycles. The number of ether oxygens (including phenoxy) is 2. The van der Waals surface area contributed by atoms with Crippen molar-refractivity contribution in [3.63, 3.8) is 0 Å². The monoisotopic (exact) mass is 550 g/mol. The summed E-state index contributed by atoms with van der Waals surface area (Å²) in [5, 5.41) is 4.14. The Morgan fingerprint density at radius 1 is 1.22 bits per heavy atom. The standard InChI is InChI=1S/C24H17Cl2FN2O6S/c1-11-8-14-16(35-23(30)19(27)17(14)21-18(25)22(26)29-36-21)9-15(11)34-10-12-6-4-5-7-13(12)20(28-33-3)24(31)32-2/h4-9H,10H2,1-3H3/b28-20+. The topological polar surface area (TPSA) is 100 Å². The molecule has 0 aliphatic rings. The molecule has 0 radical (unpaired) electrons. The van der Waals surface area contributed by atoms with E-state index in [0.29, 0.717) is 27.8 Å². The number of nitrogens with zero attached hydrogens (tertiary/aromatic N) is 2. The van der Waals surface area contributed by atoms with E-state index in [0.717, 1.165) is 11.5 Å². The van der Waals surface area contributed by atoms with Crippen LogP contribution < -0.4 is 10.4 Å². The fourth-order valence-corrected chi connectivity index (χ4v) is 4.80. The highest BCUT2D eigenvalue weighted by atomic mass is 35.5. The van der Waals surface area contributed by atoms with Crippen molar-refractivity contribution in [3.8, 4) is 16.2 Å². The molecule has 0 saturated heterocycles. The van der Waals surface area contributed by atoms with E-state index in [1.165, 1.54) is 20.3 Å². The van der Waals surface area contributed by atoms with Crippen molar-refractivity contribution in [1.82, 2.24) is 4.37 Å². The van der Waals surface area contributed by atoms with Crippen LogP contribution in [0.5, 0.6) is 5.75 Å². The molecule has 0 N–H and O–H groups in total. The third kappa shape index (κ3) is 4.79. The minimum absolute atomic E-state index is 0.0103. The first-order chi connectivity index (χ1) is 17.3. The molecule has 4 aromatic rings. The SMILES string of the molecule is CO/N=C(/C(=O)OC)c1ccccc1COc1cc2oc(=O)c(F)c(-c3snc(Cl)c3Cl)c2cc1C. The summed E-state index contributed by atoms with van der Waals surface area (Å²) in [6, 6.07) is 10.0. The molecule has 0 atom stereocenters. The average Bonchev–Trinajstić information content (AvgIpc) is 3.20. The van der Waals surface area contributed by atoms with Crippen LogP contribution in [0.25, 0.3) is 21.4 Å². The van der Waals surface area contributed by atoms with Crippen LogP contribution in [0.1, 0.15) is 16.7 Å². The predicted octanol–water partition coefficient (Wildman–Crippen LogP) is 5.77. The number of aryl methyl sites for hydroxylation is 1. The van der Waals surface area contributed by atoms with Gasteiger partial charge >= 0.3 is 11.6 Å². The zero-order valence-electron chi connectivity index (χ0n) is 19.1. The molecular formula is C24H17Cl2FN2O6S. The highest BCUT2D eigenvalue weighted by Crippen LogP contribution is 2.42. The van der Waals surface area contributed by atoms with Gasteiger partial charge in [0.15, 0.2) is 10.9 Å². The Bertz CT molecular complexity index is 1570. The van der Waals surface area contributed by atoms with E-state index in [1.807, 2.05) is 0 Å². The van der Waals surface area contributed by atoms with Crippen LogP contribution in [-0.2, 0) is 21.0 Å². The second-order valence-corrected chi connectivity index (χ2v) is 8.88. The van der Waals surface area contributed by atoms with Gasteiger partial charge in [-0.05, 0) is 35.6 Å². The normalized spacial score (nSPS) is 11.6. The number of carbonyl (C=O) groups excluding carboxylic acids is 1. The van der Waals surface area contributed by atoms with Gasteiger partial charge in [0.05, 0.1) is 17.0 Å². The molecule has 12 heteroatoms. The number of aromatic nitrogens is 1. The van der Waals surface area contributed by atoms with Crippen molar-refractivity contribution in [2.24, 2.45) is 5.16 Å². The summed E-state index contributed by atoms with van der Waals surface area (Å²) >= 11 is 13.0. The first-order valence-electron chi connectivity index (χ1n) is 10.2. The maximum absolute atomic E-state index is 14.9. The molecule has 0 unspecified atom stereocenters. The smallest absolute Gasteiger partial charge is 0.373 e. The zero-order chi connectivity index (χ0) is 26.0. The van der Waals surface area contributed by atoms with Crippen molar-refractivity contribution in [2.75, 3.05) is 14.2 Å². The predicted molar refractivity (Wildman–Crippen MR) is 135 cm³/mol. The molecule has 0 aliphatic carbocycles. The van der Waals surface area contributed by atoms with Crippen molar-refractivity contribution in [1.29, 1.82) is 0 Å². The fraction of sp³-hybridized carbons (Fsp3) is 0.167. The first-order valence-corrected chi connectivity index (χ1v) is 11.8. The summed E-state index contributed by atoms with van der Waals surface area (Å²) in [7, 11) is 2.56. The van der Waals surface area contributed by atoms with Crippen LogP contribution in [0.3, 0.4) is 0 Å². The lowest BCUT2D eigenvalue weighted by atomic mass is 10.0. The van der Waals surface area contributed by atoms with E-state index in [2.05, 4.69) is 9.53 Å². The highest BCUT2D eigenvalue weighted by Gasteiger charge is 2.24. The van der Waals surface area contributed by atoms with Crippen LogP contribution in [-0.4, -0.2) is 30.3 Å². The largest absolute Gasteiger partial charge is 0.488 e. The van der Waals surface area contributed by atoms with Gasteiger partial charge in [0.1, 0.15) is 25.0 Å². The molecule has 0 fully saturated rings. The summed E-state index contributed by atoms with van der Waals surface area (Å²) in [4.78, 5) is 29.5. The van der Waals surface area contributed by atoms with Crippen LogP contribution in [0, 0.1) is 12.7 Å². The number of rotatable bonds is 7. The van der Waals surface area contributed by atoms with Crippen LogP contribution >= 0.6 is 34.7 Å². The Hall–Kier alpha value is -3.47. The molecule has 36 heavy (non-hydrogen) atoms. The molecule has 0 saturated carbocycles. The van der Waals surface area contributed by atoms with E-state index >= 15 is 0 Å². The average molecular weight is 551 g/mol. The number of hydrogen-bond donors (Lipinski definition) is 0. The lowest BCUT2D eigenvalue weighted by molar-refractivity contribution is -0.132. The van der Waals surface area contributed by atoms with Gasteiger partial charge in [0.2, 0.25) is 5.82 Å². The summed E-state index contributed by atoms with van der Waals surface area (Å²) < 4.78 is 34.8. The van der Waals surface area contributed by atoms with E-state index < -0.39 is 17.4 Å². The Kier molecular flexibility index (Phi) is 7.58. The molecule has 0 bridgehead atoms. The number of hydrogen-bond acceptors (Lipinski definition) is 9. The molecule has 2 heterocycles. The van der Waals surface area contributed by atoms with Crippen molar-refractivity contribution in [2.45, 2.75) is 13.5 Å². The second kappa shape index (κ2) is 10.7. The van der Waals surface area contributed by atoms with Crippen molar-refractivity contribution < 1.29 is 27.9 Å². The number of carbonyl (C=O) groups is 1. The minimum atomic E-state index is -1.17. The highest BCUT2D eigenvalue weighted by molar-refractivity contribution is 7.11. The molecule has 2 aromatic carbocycles. The van der Waals surface area contributed by atoms with Crippen LogP contribution in [0.4, 0.5) is 4.39 Å². The molecule has 0 spiro atoms. The first kappa shape index (κ1) is 25.6. The Morgan fingerprint density at radius 2 is 1.97 bits per heavy atom. The lowest BCUT2D eigenvalue weighted by Gasteiger charge is -2.14. The van der Waals surface area contributed by atoms with E-state index in [9.17, 15) is 14.0 Å². The molecule has 2 aromatic heterocycles. The number of fused-ring (bicyclic) bond motifs is 1. The van der Waals surface area contributed by atoms with Gasteiger partial charge in [-0.25, -0.2) is 9.59 Å². The Labute approximate surface area is 218 Å². The van der Waals surface area contributed by atoms with Crippen LogP contribution in [0.15, 0.2) is 50.8 Å². The molecule has 4 rings (SSSR count).